The third-order valence-electron chi connectivity index (χ3n) is 3.48. The van der Waals surface area contributed by atoms with Crippen LogP contribution in [0, 0.1) is 11.8 Å². The molecule has 2 nitrogen and oxygen atoms in total. The molecule has 84 valence electrons. The van der Waals surface area contributed by atoms with Gasteiger partial charge in [0, 0.05) is 19.1 Å². The lowest BCUT2D eigenvalue weighted by Crippen LogP contribution is -2.45. The average Bonchev–Trinajstić information content (AvgIpc) is 2.09. The molecule has 14 heavy (non-hydrogen) atoms. The molecule has 0 aromatic heterocycles. The normalized spacial score (nSPS) is 33.6. The van der Waals surface area contributed by atoms with Crippen molar-refractivity contribution >= 4 is 0 Å². The molecule has 1 saturated carbocycles. The van der Waals surface area contributed by atoms with Crippen molar-refractivity contribution in [3.8, 4) is 0 Å². The van der Waals surface area contributed by atoms with Crippen LogP contribution in [0.5, 0.6) is 0 Å². The predicted octanol–water partition coefficient (Wildman–Crippen LogP) is 1.96. The quantitative estimate of drug-likeness (QED) is 0.743. The molecule has 1 rings (SSSR count). The minimum atomic E-state index is 0.753. The third kappa shape index (κ3) is 3.58. The van der Waals surface area contributed by atoms with Crippen molar-refractivity contribution < 1.29 is 0 Å². The van der Waals surface area contributed by atoms with Crippen molar-refractivity contribution in [3.05, 3.63) is 0 Å². The zero-order valence-electron chi connectivity index (χ0n) is 10.2. The van der Waals surface area contributed by atoms with Crippen molar-refractivity contribution in [3.63, 3.8) is 0 Å². The van der Waals surface area contributed by atoms with E-state index in [0.29, 0.717) is 0 Å². The number of likely N-dealkylation sites (N-methyl/N-ethyl adjacent to an activating group) is 1. The molecule has 1 fully saturated rings. The zero-order chi connectivity index (χ0) is 10.6. The van der Waals surface area contributed by atoms with E-state index in [9.17, 15) is 0 Å². The van der Waals surface area contributed by atoms with Gasteiger partial charge in [-0.25, -0.2) is 0 Å². The number of hydrogen-bond acceptors (Lipinski definition) is 2. The van der Waals surface area contributed by atoms with Crippen molar-refractivity contribution in [1.29, 1.82) is 0 Å². The van der Waals surface area contributed by atoms with E-state index in [2.05, 4.69) is 38.2 Å². The summed E-state index contributed by atoms with van der Waals surface area (Å²) in [5.74, 6) is 1.72. The zero-order valence-corrected chi connectivity index (χ0v) is 10.2. The molecule has 0 aromatic rings. The summed E-state index contributed by atoms with van der Waals surface area (Å²) >= 11 is 0. The Morgan fingerprint density at radius 3 is 2.21 bits per heavy atom. The molecule has 1 aliphatic rings. The topological polar surface area (TPSA) is 15.3 Å². The van der Waals surface area contributed by atoms with E-state index in [0.717, 1.165) is 31.0 Å². The van der Waals surface area contributed by atoms with Crippen LogP contribution in [0.25, 0.3) is 0 Å². The van der Waals surface area contributed by atoms with Crippen LogP contribution in [-0.4, -0.2) is 38.1 Å². The van der Waals surface area contributed by atoms with Crippen LogP contribution < -0.4 is 5.32 Å². The first kappa shape index (κ1) is 12.0. The number of nitrogens with zero attached hydrogens (tertiary/aromatic N) is 1. The van der Waals surface area contributed by atoms with Gasteiger partial charge >= 0.3 is 0 Å². The smallest absolute Gasteiger partial charge is 0.0119 e. The Morgan fingerprint density at radius 1 is 1.14 bits per heavy atom. The molecule has 0 amide bonds. The van der Waals surface area contributed by atoms with E-state index in [-0.39, 0.29) is 0 Å². The molecule has 1 N–H and O–H groups in total. The SMILES string of the molecule is CC1CCCC(C)C1NCCN(C)C. The third-order valence-corrected chi connectivity index (χ3v) is 3.48. The Balaban J connectivity index is 2.26. The maximum absolute atomic E-state index is 3.71. The Morgan fingerprint density at radius 2 is 1.71 bits per heavy atom. The van der Waals surface area contributed by atoms with Gasteiger partial charge in [-0.1, -0.05) is 20.3 Å². The predicted molar refractivity (Wildman–Crippen MR) is 62.5 cm³/mol. The van der Waals surface area contributed by atoms with E-state index < -0.39 is 0 Å². The molecule has 2 heteroatoms. The second-order valence-corrected chi connectivity index (χ2v) is 5.17. The van der Waals surface area contributed by atoms with Gasteiger partial charge in [0.15, 0.2) is 0 Å². The summed E-state index contributed by atoms with van der Waals surface area (Å²) in [6.45, 7) is 7.06. The number of rotatable bonds is 4. The summed E-state index contributed by atoms with van der Waals surface area (Å²) < 4.78 is 0. The number of hydrogen-bond donors (Lipinski definition) is 1. The highest BCUT2D eigenvalue weighted by molar-refractivity contribution is 4.83. The number of nitrogens with one attached hydrogen (secondary N) is 1. The molecular formula is C12H26N2. The standard InChI is InChI=1S/C12H26N2/c1-10-6-5-7-11(2)12(10)13-8-9-14(3)4/h10-13H,5-9H2,1-4H3. The maximum atomic E-state index is 3.71. The Labute approximate surface area is 89.1 Å². The van der Waals surface area contributed by atoms with Gasteiger partial charge in [-0.3, -0.25) is 0 Å². The van der Waals surface area contributed by atoms with Gasteiger partial charge in [-0.2, -0.15) is 0 Å². The Bertz CT molecular complexity index is 146. The van der Waals surface area contributed by atoms with Crippen LogP contribution in [0.2, 0.25) is 0 Å². The van der Waals surface area contributed by atoms with Gasteiger partial charge in [0.1, 0.15) is 0 Å². The van der Waals surface area contributed by atoms with Gasteiger partial charge in [-0.05, 0) is 38.8 Å². The second kappa shape index (κ2) is 5.72. The van der Waals surface area contributed by atoms with Gasteiger partial charge in [0.2, 0.25) is 0 Å². The van der Waals surface area contributed by atoms with E-state index in [4.69, 9.17) is 0 Å². The molecule has 0 aromatic carbocycles. The van der Waals surface area contributed by atoms with E-state index in [1.54, 1.807) is 0 Å². The van der Waals surface area contributed by atoms with Crippen LogP contribution in [0.15, 0.2) is 0 Å². The highest BCUT2D eigenvalue weighted by Gasteiger charge is 2.26. The minimum absolute atomic E-state index is 0.753. The van der Waals surface area contributed by atoms with Gasteiger partial charge in [-0.15, -0.1) is 0 Å². The van der Waals surface area contributed by atoms with Crippen molar-refractivity contribution in [2.45, 2.75) is 39.2 Å². The summed E-state index contributed by atoms with van der Waals surface area (Å²) in [5, 5.41) is 3.71. The maximum Gasteiger partial charge on any atom is 0.0119 e. The highest BCUT2D eigenvalue weighted by Crippen LogP contribution is 2.28. The first-order valence-corrected chi connectivity index (χ1v) is 5.99. The summed E-state index contributed by atoms with van der Waals surface area (Å²) in [7, 11) is 4.27. The molecule has 0 heterocycles. The van der Waals surface area contributed by atoms with Crippen LogP contribution in [0.1, 0.15) is 33.1 Å². The summed E-state index contributed by atoms with van der Waals surface area (Å²) in [6, 6.07) is 0.753. The lowest BCUT2D eigenvalue weighted by atomic mass is 9.79. The summed E-state index contributed by atoms with van der Waals surface area (Å²) in [4.78, 5) is 2.24. The summed E-state index contributed by atoms with van der Waals surface area (Å²) in [6.07, 6.45) is 4.24. The van der Waals surface area contributed by atoms with E-state index in [1.165, 1.54) is 19.3 Å². The van der Waals surface area contributed by atoms with Gasteiger partial charge in [0.25, 0.3) is 0 Å². The molecule has 0 saturated heterocycles. The molecule has 0 aliphatic heterocycles. The van der Waals surface area contributed by atoms with E-state index in [1.807, 2.05) is 0 Å². The molecular weight excluding hydrogens is 172 g/mol. The fraction of sp³-hybridized carbons (Fsp3) is 1.00. The fourth-order valence-corrected chi connectivity index (χ4v) is 2.54. The van der Waals surface area contributed by atoms with Crippen LogP contribution in [0.3, 0.4) is 0 Å². The average molecular weight is 198 g/mol. The van der Waals surface area contributed by atoms with Crippen molar-refractivity contribution in [2.75, 3.05) is 27.2 Å². The van der Waals surface area contributed by atoms with Crippen molar-refractivity contribution in [1.82, 2.24) is 10.2 Å². The fourth-order valence-electron chi connectivity index (χ4n) is 2.54. The largest absolute Gasteiger partial charge is 0.312 e. The van der Waals surface area contributed by atoms with Crippen molar-refractivity contribution in [2.24, 2.45) is 11.8 Å². The summed E-state index contributed by atoms with van der Waals surface area (Å²) in [5.41, 5.74) is 0. The van der Waals surface area contributed by atoms with Crippen LogP contribution in [-0.2, 0) is 0 Å². The lowest BCUT2D eigenvalue weighted by molar-refractivity contribution is 0.204. The molecule has 1 aliphatic carbocycles. The highest BCUT2D eigenvalue weighted by atomic mass is 15.1. The molecule has 0 spiro atoms. The van der Waals surface area contributed by atoms with Gasteiger partial charge < -0.3 is 10.2 Å². The Kier molecular flexibility index (Phi) is 4.90. The minimum Gasteiger partial charge on any atom is -0.312 e. The van der Waals surface area contributed by atoms with Crippen LogP contribution in [0.4, 0.5) is 0 Å². The lowest BCUT2D eigenvalue weighted by Gasteiger charge is -2.35. The second-order valence-electron chi connectivity index (χ2n) is 5.17. The molecule has 0 bridgehead atoms. The first-order chi connectivity index (χ1) is 6.61. The van der Waals surface area contributed by atoms with Gasteiger partial charge in [0.05, 0.1) is 0 Å². The Hall–Kier alpha value is -0.0800. The monoisotopic (exact) mass is 198 g/mol. The molecule has 0 radical (unpaired) electrons. The van der Waals surface area contributed by atoms with E-state index >= 15 is 0 Å². The first-order valence-electron chi connectivity index (χ1n) is 5.99. The molecule has 2 unspecified atom stereocenters. The van der Waals surface area contributed by atoms with Crippen LogP contribution >= 0.6 is 0 Å². The molecule has 2 atom stereocenters.